The first-order chi connectivity index (χ1) is 10.3. The maximum absolute atomic E-state index is 5.80. The van der Waals surface area contributed by atoms with E-state index in [4.69, 9.17) is 16.3 Å². The molecule has 0 saturated heterocycles. The van der Waals surface area contributed by atoms with Gasteiger partial charge >= 0.3 is 0 Å². The van der Waals surface area contributed by atoms with Crippen LogP contribution < -0.4 is 10.1 Å². The van der Waals surface area contributed by atoms with E-state index in [0.29, 0.717) is 5.88 Å². The van der Waals surface area contributed by atoms with Crippen molar-refractivity contribution in [2.45, 2.75) is 5.88 Å². The first kappa shape index (κ1) is 13.7. The normalized spacial score (nSPS) is 10.6. The van der Waals surface area contributed by atoms with E-state index in [-0.39, 0.29) is 0 Å². The molecular weight excluding hydrogens is 284 g/mol. The summed E-state index contributed by atoms with van der Waals surface area (Å²) in [7, 11) is 1.67. The number of ether oxygens (including phenoxy) is 1. The summed E-state index contributed by atoms with van der Waals surface area (Å²) in [4.78, 5) is 4.43. The Morgan fingerprint density at radius 1 is 1.05 bits per heavy atom. The molecule has 1 aromatic heterocycles. The monoisotopic (exact) mass is 298 g/mol. The van der Waals surface area contributed by atoms with Gasteiger partial charge in [-0.1, -0.05) is 24.3 Å². The second-order valence-corrected chi connectivity index (χ2v) is 4.94. The quantitative estimate of drug-likeness (QED) is 0.707. The van der Waals surface area contributed by atoms with Crippen LogP contribution in [0.5, 0.6) is 5.75 Å². The molecule has 0 aliphatic heterocycles. The number of aromatic nitrogens is 1. The molecule has 21 heavy (non-hydrogen) atoms. The molecule has 1 heterocycles. The van der Waals surface area contributed by atoms with E-state index in [1.165, 1.54) is 0 Å². The minimum absolute atomic E-state index is 0.518. The fourth-order valence-electron chi connectivity index (χ4n) is 2.27. The molecule has 0 aliphatic rings. The van der Waals surface area contributed by atoms with Gasteiger partial charge in [0.15, 0.2) is 0 Å². The van der Waals surface area contributed by atoms with Crippen LogP contribution in [-0.2, 0) is 5.88 Å². The second kappa shape index (κ2) is 6.02. The van der Waals surface area contributed by atoms with Gasteiger partial charge in [-0.2, -0.15) is 0 Å². The Balaban J connectivity index is 2.00. The van der Waals surface area contributed by atoms with Gasteiger partial charge in [-0.3, -0.25) is 0 Å². The van der Waals surface area contributed by atoms with E-state index < -0.39 is 0 Å². The Morgan fingerprint density at radius 2 is 1.86 bits per heavy atom. The van der Waals surface area contributed by atoms with Gasteiger partial charge in [0.1, 0.15) is 11.6 Å². The van der Waals surface area contributed by atoms with Crippen LogP contribution in [0.4, 0.5) is 11.5 Å². The zero-order valence-corrected chi connectivity index (χ0v) is 12.4. The third kappa shape index (κ3) is 2.78. The van der Waals surface area contributed by atoms with Gasteiger partial charge < -0.3 is 10.1 Å². The molecule has 1 N–H and O–H groups in total. The number of anilines is 2. The Labute approximate surface area is 128 Å². The zero-order valence-electron chi connectivity index (χ0n) is 11.6. The Morgan fingerprint density at radius 3 is 2.57 bits per heavy atom. The first-order valence-corrected chi connectivity index (χ1v) is 7.19. The van der Waals surface area contributed by atoms with Gasteiger partial charge in [0, 0.05) is 28.5 Å². The lowest BCUT2D eigenvalue weighted by Gasteiger charge is -2.11. The Kier molecular flexibility index (Phi) is 3.93. The number of alkyl halides is 1. The summed E-state index contributed by atoms with van der Waals surface area (Å²) in [5.74, 6) is 2.17. The number of nitrogens with one attached hydrogen (secondary N) is 1. The standard InChI is InChI=1S/C17H15ClN2O/c1-21-16-4-2-3-15-14(16)9-10-19-17(15)20-13-7-5-12(11-18)6-8-13/h2-10H,11H2,1H3,(H,19,20). The van der Waals surface area contributed by atoms with Crippen molar-refractivity contribution in [3.63, 3.8) is 0 Å². The van der Waals surface area contributed by atoms with Gasteiger partial charge in [-0.05, 0) is 29.8 Å². The fourth-order valence-corrected chi connectivity index (χ4v) is 2.45. The highest BCUT2D eigenvalue weighted by atomic mass is 35.5. The van der Waals surface area contributed by atoms with Gasteiger partial charge in [0.25, 0.3) is 0 Å². The van der Waals surface area contributed by atoms with Crippen LogP contribution in [0.1, 0.15) is 5.56 Å². The number of pyridine rings is 1. The van der Waals surface area contributed by atoms with Gasteiger partial charge in [0.2, 0.25) is 0 Å². The number of rotatable bonds is 4. The molecule has 0 atom stereocenters. The molecule has 4 heteroatoms. The third-order valence-electron chi connectivity index (χ3n) is 3.36. The number of halogens is 1. The molecule has 0 amide bonds. The van der Waals surface area contributed by atoms with Crippen molar-refractivity contribution in [1.82, 2.24) is 4.98 Å². The van der Waals surface area contributed by atoms with Crippen LogP contribution in [0.25, 0.3) is 10.8 Å². The molecule has 0 fully saturated rings. The highest BCUT2D eigenvalue weighted by Gasteiger charge is 2.06. The summed E-state index contributed by atoms with van der Waals surface area (Å²) in [5, 5.41) is 5.40. The van der Waals surface area contributed by atoms with Crippen molar-refractivity contribution in [3.05, 3.63) is 60.3 Å². The predicted molar refractivity (Wildman–Crippen MR) is 87.6 cm³/mol. The lowest BCUT2D eigenvalue weighted by molar-refractivity contribution is 0.420. The molecule has 3 rings (SSSR count). The maximum Gasteiger partial charge on any atom is 0.138 e. The molecule has 0 saturated carbocycles. The zero-order chi connectivity index (χ0) is 14.7. The van der Waals surface area contributed by atoms with Gasteiger partial charge in [-0.25, -0.2) is 4.98 Å². The molecule has 0 unspecified atom stereocenters. The van der Waals surface area contributed by atoms with E-state index in [2.05, 4.69) is 10.3 Å². The average Bonchev–Trinajstić information content (AvgIpc) is 2.55. The van der Waals surface area contributed by atoms with E-state index >= 15 is 0 Å². The van der Waals surface area contributed by atoms with Gasteiger partial charge in [0.05, 0.1) is 7.11 Å². The molecule has 0 radical (unpaired) electrons. The Bertz CT molecular complexity index is 756. The lowest BCUT2D eigenvalue weighted by atomic mass is 10.1. The third-order valence-corrected chi connectivity index (χ3v) is 3.67. The minimum atomic E-state index is 0.518. The minimum Gasteiger partial charge on any atom is -0.496 e. The highest BCUT2D eigenvalue weighted by Crippen LogP contribution is 2.30. The summed E-state index contributed by atoms with van der Waals surface area (Å²) in [6.07, 6.45) is 1.78. The van der Waals surface area contributed by atoms with Crippen molar-refractivity contribution < 1.29 is 4.74 Å². The number of hydrogen-bond acceptors (Lipinski definition) is 3. The largest absolute Gasteiger partial charge is 0.496 e. The molecule has 3 nitrogen and oxygen atoms in total. The van der Waals surface area contributed by atoms with Crippen LogP contribution >= 0.6 is 11.6 Å². The number of hydrogen-bond donors (Lipinski definition) is 1. The molecule has 3 aromatic rings. The average molecular weight is 299 g/mol. The summed E-state index contributed by atoms with van der Waals surface area (Å²) in [6, 6.07) is 15.9. The first-order valence-electron chi connectivity index (χ1n) is 6.65. The van der Waals surface area contributed by atoms with Gasteiger partial charge in [-0.15, -0.1) is 11.6 Å². The van der Waals surface area contributed by atoms with Crippen molar-refractivity contribution in [2.75, 3.05) is 12.4 Å². The summed E-state index contributed by atoms with van der Waals surface area (Å²) >= 11 is 5.80. The number of nitrogens with zero attached hydrogens (tertiary/aromatic N) is 1. The molecule has 0 aliphatic carbocycles. The van der Waals surface area contributed by atoms with E-state index in [0.717, 1.165) is 33.6 Å². The molecule has 0 bridgehead atoms. The van der Waals surface area contributed by atoms with Crippen molar-refractivity contribution in [1.29, 1.82) is 0 Å². The summed E-state index contributed by atoms with van der Waals surface area (Å²) in [6.45, 7) is 0. The number of benzene rings is 2. The van der Waals surface area contributed by atoms with E-state index in [9.17, 15) is 0 Å². The van der Waals surface area contributed by atoms with Crippen LogP contribution in [0.2, 0.25) is 0 Å². The lowest BCUT2D eigenvalue weighted by Crippen LogP contribution is -1.95. The Hall–Kier alpha value is -2.26. The van der Waals surface area contributed by atoms with Crippen LogP contribution in [0.15, 0.2) is 54.7 Å². The number of fused-ring (bicyclic) bond motifs is 1. The van der Waals surface area contributed by atoms with Crippen molar-refractivity contribution in [2.24, 2.45) is 0 Å². The molecule has 0 spiro atoms. The van der Waals surface area contributed by atoms with Crippen LogP contribution in [0.3, 0.4) is 0 Å². The highest BCUT2D eigenvalue weighted by molar-refractivity contribution is 6.17. The fraction of sp³-hybridized carbons (Fsp3) is 0.118. The van der Waals surface area contributed by atoms with E-state index in [1.54, 1.807) is 13.3 Å². The predicted octanol–water partition coefficient (Wildman–Crippen LogP) is 4.73. The SMILES string of the molecule is COc1cccc2c(Nc3ccc(CCl)cc3)nccc12. The summed E-state index contributed by atoms with van der Waals surface area (Å²) < 4.78 is 5.39. The van der Waals surface area contributed by atoms with E-state index in [1.807, 2.05) is 48.5 Å². The van der Waals surface area contributed by atoms with Crippen molar-refractivity contribution in [3.8, 4) is 5.75 Å². The topological polar surface area (TPSA) is 34.1 Å². The van der Waals surface area contributed by atoms with Crippen LogP contribution in [-0.4, -0.2) is 12.1 Å². The molecular formula is C17H15ClN2O. The number of methoxy groups -OCH3 is 1. The molecule has 106 valence electrons. The van der Waals surface area contributed by atoms with Crippen molar-refractivity contribution >= 4 is 33.9 Å². The smallest absolute Gasteiger partial charge is 0.138 e. The summed E-state index contributed by atoms with van der Waals surface area (Å²) in [5.41, 5.74) is 2.07. The van der Waals surface area contributed by atoms with Crippen LogP contribution in [0, 0.1) is 0 Å². The molecule has 2 aromatic carbocycles. The second-order valence-electron chi connectivity index (χ2n) is 4.67. The maximum atomic E-state index is 5.80.